The Labute approximate surface area is 155 Å². The lowest BCUT2D eigenvalue weighted by molar-refractivity contribution is 0.0944. The molecule has 0 fully saturated rings. The van der Waals surface area contributed by atoms with Gasteiger partial charge in [0.25, 0.3) is 5.91 Å². The Balaban J connectivity index is 2.72. The third kappa shape index (κ3) is 7.21. The molecule has 0 aliphatic rings. The maximum absolute atomic E-state index is 12.4. The summed E-state index contributed by atoms with van der Waals surface area (Å²) in [6, 6.07) is 4.82. The SMILES string of the molecule is CCOC(=O)NC(CNC(=O)c1ccc(OCC)c(OC)c1)CC(C)C. The van der Waals surface area contributed by atoms with Crippen molar-refractivity contribution in [3.05, 3.63) is 23.8 Å². The molecule has 1 aromatic carbocycles. The number of hydrogen-bond acceptors (Lipinski definition) is 5. The number of benzene rings is 1. The molecular formula is C19H30N2O5. The van der Waals surface area contributed by atoms with Crippen molar-refractivity contribution < 1.29 is 23.8 Å². The van der Waals surface area contributed by atoms with E-state index in [4.69, 9.17) is 14.2 Å². The molecule has 0 aromatic heterocycles. The Kier molecular flexibility index (Phi) is 9.33. The minimum absolute atomic E-state index is 0.206. The second-order valence-corrected chi connectivity index (χ2v) is 6.20. The van der Waals surface area contributed by atoms with Crippen LogP contribution in [0.1, 0.15) is 44.5 Å². The maximum atomic E-state index is 12.4. The van der Waals surface area contributed by atoms with Gasteiger partial charge < -0.3 is 24.8 Å². The van der Waals surface area contributed by atoms with E-state index >= 15 is 0 Å². The first kappa shape index (κ1) is 21.6. The third-order valence-electron chi connectivity index (χ3n) is 3.59. The summed E-state index contributed by atoms with van der Waals surface area (Å²) >= 11 is 0. The van der Waals surface area contributed by atoms with E-state index in [1.54, 1.807) is 25.1 Å². The molecule has 1 rings (SSSR count). The van der Waals surface area contributed by atoms with Gasteiger partial charge in [-0.05, 0) is 44.4 Å². The van der Waals surface area contributed by atoms with Gasteiger partial charge in [-0.1, -0.05) is 13.8 Å². The molecule has 0 saturated carbocycles. The fraction of sp³-hybridized carbons (Fsp3) is 0.579. The van der Waals surface area contributed by atoms with Crippen molar-refractivity contribution >= 4 is 12.0 Å². The van der Waals surface area contributed by atoms with Crippen LogP contribution in [-0.4, -0.2) is 44.9 Å². The molecule has 26 heavy (non-hydrogen) atoms. The zero-order chi connectivity index (χ0) is 19.5. The van der Waals surface area contributed by atoms with E-state index in [0.717, 1.165) is 6.42 Å². The number of rotatable bonds is 10. The Morgan fingerprint density at radius 3 is 2.42 bits per heavy atom. The van der Waals surface area contributed by atoms with Crippen LogP contribution in [0, 0.1) is 5.92 Å². The first-order valence-electron chi connectivity index (χ1n) is 8.93. The monoisotopic (exact) mass is 366 g/mol. The van der Waals surface area contributed by atoms with Crippen molar-refractivity contribution in [3.63, 3.8) is 0 Å². The van der Waals surface area contributed by atoms with Crippen LogP contribution in [0.15, 0.2) is 18.2 Å². The number of carbonyl (C=O) groups is 2. The number of alkyl carbamates (subject to hydrolysis) is 1. The number of ether oxygens (including phenoxy) is 3. The Morgan fingerprint density at radius 1 is 1.12 bits per heavy atom. The third-order valence-corrected chi connectivity index (χ3v) is 3.59. The van der Waals surface area contributed by atoms with E-state index in [0.29, 0.717) is 42.7 Å². The normalized spacial score (nSPS) is 11.6. The Bertz CT molecular complexity index is 589. The predicted molar refractivity (Wildman–Crippen MR) is 99.9 cm³/mol. The van der Waals surface area contributed by atoms with Gasteiger partial charge in [-0.25, -0.2) is 4.79 Å². The van der Waals surface area contributed by atoms with Crippen molar-refractivity contribution in [2.24, 2.45) is 5.92 Å². The summed E-state index contributed by atoms with van der Waals surface area (Å²) in [6.07, 6.45) is 0.251. The van der Waals surface area contributed by atoms with Crippen LogP contribution in [-0.2, 0) is 4.74 Å². The fourth-order valence-electron chi connectivity index (χ4n) is 2.50. The summed E-state index contributed by atoms with van der Waals surface area (Å²) in [6.45, 7) is 8.86. The van der Waals surface area contributed by atoms with Crippen LogP contribution in [0.3, 0.4) is 0 Å². The van der Waals surface area contributed by atoms with Gasteiger partial charge >= 0.3 is 6.09 Å². The van der Waals surface area contributed by atoms with Crippen molar-refractivity contribution in [1.29, 1.82) is 0 Å². The number of methoxy groups -OCH3 is 1. The molecule has 2 amide bonds. The van der Waals surface area contributed by atoms with Crippen LogP contribution in [0.25, 0.3) is 0 Å². The smallest absolute Gasteiger partial charge is 0.407 e. The summed E-state index contributed by atoms with van der Waals surface area (Å²) in [7, 11) is 1.53. The summed E-state index contributed by atoms with van der Waals surface area (Å²) in [4.78, 5) is 24.1. The highest BCUT2D eigenvalue weighted by molar-refractivity contribution is 5.94. The highest BCUT2D eigenvalue weighted by Gasteiger charge is 2.17. The minimum Gasteiger partial charge on any atom is -0.493 e. The van der Waals surface area contributed by atoms with Crippen LogP contribution in [0.4, 0.5) is 4.79 Å². The van der Waals surface area contributed by atoms with Crippen LogP contribution < -0.4 is 20.1 Å². The molecule has 1 aromatic rings. The molecule has 0 saturated heterocycles. The quantitative estimate of drug-likeness (QED) is 0.665. The summed E-state index contributed by atoms with van der Waals surface area (Å²) < 4.78 is 15.6. The van der Waals surface area contributed by atoms with Gasteiger partial charge in [0.1, 0.15) is 0 Å². The highest BCUT2D eigenvalue weighted by Crippen LogP contribution is 2.27. The number of amides is 2. The van der Waals surface area contributed by atoms with Crippen LogP contribution in [0.2, 0.25) is 0 Å². The number of nitrogens with one attached hydrogen (secondary N) is 2. The van der Waals surface area contributed by atoms with Gasteiger partial charge in [0.2, 0.25) is 0 Å². The minimum atomic E-state index is -0.477. The molecule has 0 bridgehead atoms. The summed E-state index contributed by atoms with van der Waals surface area (Å²) in [5.74, 6) is 1.21. The first-order valence-corrected chi connectivity index (χ1v) is 8.93. The number of carbonyl (C=O) groups excluding carboxylic acids is 2. The predicted octanol–water partition coefficient (Wildman–Crippen LogP) is 2.98. The van der Waals surface area contributed by atoms with E-state index in [9.17, 15) is 9.59 Å². The lowest BCUT2D eigenvalue weighted by atomic mass is 10.0. The summed E-state index contributed by atoms with van der Waals surface area (Å²) in [5.41, 5.74) is 0.463. The molecule has 0 heterocycles. The van der Waals surface area contributed by atoms with E-state index in [2.05, 4.69) is 24.5 Å². The Hall–Kier alpha value is -2.44. The van der Waals surface area contributed by atoms with E-state index in [1.165, 1.54) is 7.11 Å². The zero-order valence-electron chi connectivity index (χ0n) is 16.3. The summed E-state index contributed by atoms with van der Waals surface area (Å²) in [5, 5.41) is 5.63. The molecule has 2 N–H and O–H groups in total. The molecule has 0 radical (unpaired) electrons. The van der Waals surface area contributed by atoms with Crippen molar-refractivity contribution in [2.45, 2.75) is 40.2 Å². The average molecular weight is 366 g/mol. The average Bonchev–Trinajstić information content (AvgIpc) is 2.59. The van der Waals surface area contributed by atoms with E-state index < -0.39 is 6.09 Å². The molecule has 7 heteroatoms. The molecule has 7 nitrogen and oxygen atoms in total. The van der Waals surface area contributed by atoms with E-state index in [-0.39, 0.29) is 11.9 Å². The van der Waals surface area contributed by atoms with Gasteiger partial charge in [-0.2, -0.15) is 0 Å². The van der Waals surface area contributed by atoms with Crippen LogP contribution >= 0.6 is 0 Å². The largest absolute Gasteiger partial charge is 0.493 e. The lowest BCUT2D eigenvalue weighted by Crippen LogP contribution is -2.44. The molecule has 1 unspecified atom stereocenters. The van der Waals surface area contributed by atoms with Gasteiger partial charge in [-0.3, -0.25) is 4.79 Å². The molecular weight excluding hydrogens is 336 g/mol. The Morgan fingerprint density at radius 2 is 1.85 bits per heavy atom. The fourth-order valence-corrected chi connectivity index (χ4v) is 2.50. The van der Waals surface area contributed by atoms with Crippen molar-refractivity contribution in [1.82, 2.24) is 10.6 Å². The maximum Gasteiger partial charge on any atom is 0.407 e. The molecule has 0 spiro atoms. The van der Waals surface area contributed by atoms with Crippen molar-refractivity contribution in [2.75, 3.05) is 26.9 Å². The molecule has 146 valence electrons. The van der Waals surface area contributed by atoms with Crippen LogP contribution in [0.5, 0.6) is 11.5 Å². The standard InChI is InChI=1S/C19H30N2O5/c1-6-25-16-9-8-14(11-17(16)24-5)18(22)20-12-15(10-13(3)4)21-19(23)26-7-2/h8-9,11,13,15H,6-7,10,12H2,1-5H3,(H,20,22)(H,21,23). The van der Waals surface area contributed by atoms with Crippen molar-refractivity contribution in [3.8, 4) is 11.5 Å². The topological polar surface area (TPSA) is 85.9 Å². The zero-order valence-corrected chi connectivity index (χ0v) is 16.3. The van der Waals surface area contributed by atoms with Gasteiger partial charge in [-0.15, -0.1) is 0 Å². The van der Waals surface area contributed by atoms with E-state index in [1.807, 2.05) is 6.92 Å². The highest BCUT2D eigenvalue weighted by atomic mass is 16.5. The van der Waals surface area contributed by atoms with Gasteiger partial charge in [0.05, 0.1) is 20.3 Å². The molecule has 1 atom stereocenters. The molecule has 0 aliphatic carbocycles. The first-order chi connectivity index (χ1) is 12.4. The van der Waals surface area contributed by atoms with Gasteiger partial charge in [0, 0.05) is 18.2 Å². The molecule has 0 aliphatic heterocycles. The second-order valence-electron chi connectivity index (χ2n) is 6.20. The number of hydrogen-bond donors (Lipinski definition) is 2. The second kappa shape index (κ2) is 11.2. The lowest BCUT2D eigenvalue weighted by Gasteiger charge is -2.21. The van der Waals surface area contributed by atoms with Gasteiger partial charge in [0.15, 0.2) is 11.5 Å².